The lowest BCUT2D eigenvalue weighted by Gasteiger charge is -2.10. The zero-order valence-electron chi connectivity index (χ0n) is 27.8. The van der Waals surface area contributed by atoms with Crippen molar-refractivity contribution >= 4 is 36.2 Å². The molecule has 0 radical (unpaired) electrons. The maximum absolute atomic E-state index is 12.8. The number of aryl methyl sites for hydroxylation is 1. The van der Waals surface area contributed by atoms with E-state index in [1.807, 2.05) is 0 Å². The number of unbranched alkanes of at least 4 members (excludes halogenated alkanes) is 2. The van der Waals surface area contributed by atoms with Crippen LogP contribution in [-0.2, 0) is 28.5 Å². The SMILES string of the molecule is C=CC(=O)OCCCCOC(=O)Oc1ccc(OC(=O)c2ccc(OC(=O)c3ccc(OC(=O)OCCCCOC(=O)C=C)cc3)cc2C)cc1. The lowest BCUT2D eigenvalue weighted by molar-refractivity contribution is -0.138. The summed E-state index contributed by atoms with van der Waals surface area (Å²) in [7, 11) is 0. The van der Waals surface area contributed by atoms with Gasteiger partial charge in [-0.15, -0.1) is 0 Å². The summed E-state index contributed by atoms with van der Waals surface area (Å²) in [5.74, 6) is -1.72. The molecule has 0 N–H and O–H groups in total. The Morgan fingerprint density at radius 1 is 0.510 bits per heavy atom. The van der Waals surface area contributed by atoms with Gasteiger partial charge in [-0.2, -0.15) is 0 Å². The Morgan fingerprint density at radius 2 is 0.902 bits per heavy atom. The van der Waals surface area contributed by atoms with Crippen LogP contribution in [0.1, 0.15) is 52.0 Å². The fourth-order valence-electron chi connectivity index (χ4n) is 3.93. The van der Waals surface area contributed by atoms with Crippen LogP contribution in [0.4, 0.5) is 9.59 Å². The fourth-order valence-corrected chi connectivity index (χ4v) is 3.93. The van der Waals surface area contributed by atoms with E-state index in [2.05, 4.69) is 13.2 Å². The Labute approximate surface area is 293 Å². The van der Waals surface area contributed by atoms with Crippen molar-refractivity contribution in [3.63, 3.8) is 0 Å². The molecule has 3 aromatic carbocycles. The molecule has 0 amide bonds. The number of rotatable bonds is 18. The maximum atomic E-state index is 12.8. The Hall–Kier alpha value is -6.44. The second kappa shape index (κ2) is 20.8. The van der Waals surface area contributed by atoms with Crippen molar-refractivity contribution in [1.29, 1.82) is 0 Å². The first kappa shape index (κ1) is 39.0. The monoisotopic (exact) mass is 704 g/mol. The molecule has 3 rings (SSSR count). The molecule has 0 spiro atoms. The fraction of sp³-hybridized carbons (Fsp3) is 0.243. The van der Waals surface area contributed by atoms with E-state index in [1.54, 1.807) is 6.92 Å². The number of esters is 4. The molecule has 268 valence electrons. The molecular formula is C37H36O14. The van der Waals surface area contributed by atoms with Gasteiger partial charge in [-0.3, -0.25) is 0 Å². The average molecular weight is 705 g/mol. The largest absolute Gasteiger partial charge is 0.513 e. The van der Waals surface area contributed by atoms with Crippen molar-refractivity contribution in [3.05, 3.63) is 109 Å². The molecule has 0 atom stereocenters. The topological polar surface area (TPSA) is 176 Å². The van der Waals surface area contributed by atoms with Gasteiger partial charge in [0.25, 0.3) is 0 Å². The first-order chi connectivity index (χ1) is 24.6. The molecule has 14 nitrogen and oxygen atoms in total. The first-order valence-electron chi connectivity index (χ1n) is 15.6. The van der Waals surface area contributed by atoms with E-state index in [9.17, 15) is 28.8 Å². The number of hydrogen-bond acceptors (Lipinski definition) is 14. The minimum atomic E-state index is -0.929. The lowest BCUT2D eigenvalue weighted by atomic mass is 10.1. The second-order valence-corrected chi connectivity index (χ2v) is 10.3. The first-order valence-corrected chi connectivity index (χ1v) is 15.6. The summed E-state index contributed by atoms with van der Waals surface area (Å²) in [5, 5.41) is 0. The number of benzene rings is 3. The predicted molar refractivity (Wildman–Crippen MR) is 179 cm³/mol. The Bertz CT molecular complexity index is 1690. The van der Waals surface area contributed by atoms with Crippen LogP contribution >= 0.6 is 0 Å². The van der Waals surface area contributed by atoms with Gasteiger partial charge < -0.3 is 37.9 Å². The molecule has 0 aliphatic rings. The van der Waals surface area contributed by atoms with Gasteiger partial charge in [-0.25, -0.2) is 28.8 Å². The summed E-state index contributed by atoms with van der Waals surface area (Å²) < 4.78 is 40.6. The molecule has 0 saturated heterocycles. The number of carbonyl (C=O) groups is 6. The molecule has 14 heteroatoms. The molecule has 0 saturated carbocycles. The van der Waals surface area contributed by atoms with Gasteiger partial charge in [-0.1, -0.05) is 13.2 Å². The minimum absolute atomic E-state index is 0.0651. The standard InChI is InChI=1S/C37H36O14/c1-4-32(38)44-20-6-8-22-46-36(42)50-28-12-10-26(11-13-28)34(40)49-30-18-19-31(25(3)24-30)35(41)48-27-14-16-29(17-15-27)51-37(43)47-23-9-7-21-45-33(39)5-2/h4-5,10-19,24H,1-2,6-9,20-23H2,3H3. The quantitative estimate of drug-likeness (QED) is 0.0351. The highest BCUT2D eigenvalue weighted by Crippen LogP contribution is 2.23. The van der Waals surface area contributed by atoms with Crippen LogP contribution in [0.2, 0.25) is 0 Å². The molecule has 51 heavy (non-hydrogen) atoms. The van der Waals surface area contributed by atoms with Gasteiger partial charge in [0.15, 0.2) is 0 Å². The molecule has 0 aliphatic carbocycles. The van der Waals surface area contributed by atoms with Crippen LogP contribution in [0.5, 0.6) is 23.0 Å². The molecule has 0 heterocycles. The van der Waals surface area contributed by atoms with E-state index < -0.39 is 36.2 Å². The second-order valence-electron chi connectivity index (χ2n) is 10.3. The van der Waals surface area contributed by atoms with E-state index in [0.29, 0.717) is 31.2 Å². The maximum Gasteiger partial charge on any atom is 0.513 e. The normalized spacial score (nSPS) is 10.1. The van der Waals surface area contributed by atoms with Crippen molar-refractivity contribution in [1.82, 2.24) is 0 Å². The van der Waals surface area contributed by atoms with Gasteiger partial charge in [-0.05, 0) is 105 Å². The van der Waals surface area contributed by atoms with Crippen molar-refractivity contribution < 1.29 is 66.7 Å². The van der Waals surface area contributed by atoms with Crippen LogP contribution in [0.15, 0.2) is 92.0 Å². The summed E-state index contributed by atoms with van der Waals surface area (Å²) >= 11 is 0. The summed E-state index contributed by atoms with van der Waals surface area (Å²) in [4.78, 5) is 71.2. The molecule has 3 aromatic rings. The van der Waals surface area contributed by atoms with Gasteiger partial charge >= 0.3 is 36.2 Å². The van der Waals surface area contributed by atoms with Crippen LogP contribution in [0.25, 0.3) is 0 Å². The molecule has 0 aliphatic heterocycles. The van der Waals surface area contributed by atoms with Crippen molar-refractivity contribution in [3.8, 4) is 23.0 Å². The summed E-state index contributed by atoms with van der Waals surface area (Å²) in [6.07, 6.45) is 2.19. The third-order valence-corrected chi connectivity index (χ3v) is 6.49. The van der Waals surface area contributed by atoms with Gasteiger partial charge in [0.05, 0.1) is 37.6 Å². The van der Waals surface area contributed by atoms with Crippen LogP contribution < -0.4 is 18.9 Å². The highest BCUT2D eigenvalue weighted by molar-refractivity contribution is 5.94. The van der Waals surface area contributed by atoms with E-state index >= 15 is 0 Å². The Kier molecular flexibility index (Phi) is 15.9. The van der Waals surface area contributed by atoms with Crippen LogP contribution in [-0.4, -0.2) is 62.6 Å². The molecule has 0 aromatic heterocycles. The van der Waals surface area contributed by atoms with E-state index in [4.69, 9.17) is 37.9 Å². The van der Waals surface area contributed by atoms with Gasteiger partial charge in [0.2, 0.25) is 0 Å². The van der Waals surface area contributed by atoms with E-state index in [1.165, 1.54) is 66.7 Å². The summed E-state index contributed by atoms with van der Waals surface area (Å²) in [5.41, 5.74) is 0.879. The highest BCUT2D eigenvalue weighted by Gasteiger charge is 2.16. The smallest absolute Gasteiger partial charge is 0.463 e. The van der Waals surface area contributed by atoms with Crippen molar-refractivity contribution in [2.75, 3.05) is 26.4 Å². The number of carbonyl (C=O) groups excluding carboxylic acids is 6. The molecular weight excluding hydrogens is 668 g/mol. The van der Waals surface area contributed by atoms with Crippen LogP contribution in [0.3, 0.4) is 0 Å². The Balaban J connectivity index is 1.40. The van der Waals surface area contributed by atoms with Gasteiger partial charge in [0, 0.05) is 12.2 Å². The summed E-state index contributed by atoms with van der Waals surface area (Å²) in [6.45, 7) is 8.73. The summed E-state index contributed by atoms with van der Waals surface area (Å²) in [6, 6.07) is 15.7. The van der Waals surface area contributed by atoms with Crippen molar-refractivity contribution in [2.45, 2.75) is 32.6 Å². The van der Waals surface area contributed by atoms with E-state index in [-0.39, 0.29) is 60.6 Å². The predicted octanol–water partition coefficient (Wildman–Crippen LogP) is 6.48. The molecule has 0 fully saturated rings. The van der Waals surface area contributed by atoms with Crippen molar-refractivity contribution in [2.24, 2.45) is 0 Å². The molecule has 0 bridgehead atoms. The van der Waals surface area contributed by atoms with E-state index in [0.717, 1.165) is 12.2 Å². The minimum Gasteiger partial charge on any atom is -0.463 e. The molecule has 0 unspecified atom stereocenters. The third-order valence-electron chi connectivity index (χ3n) is 6.49. The zero-order chi connectivity index (χ0) is 37.0. The zero-order valence-corrected chi connectivity index (χ0v) is 27.8. The number of ether oxygens (including phenoxy) is 8. The lowest BCUT2D eigenvalue weighted by Crippen LogP contribution is -2.13. The average Bonchev–Trinajstić information content (AvgIpc) is 3.12. The van der Waals surface area contributed by atoms with Gasteiger partial charge in [0.1, 0.15) is 23.0 Å². The third kappa shape index (κ3) is 14.3. The number of hydrogen-bond donors (Lipinski definition) is 0. The van der Waals surface area contributed by atoms with Crippen LogP contribution in [0, 0.1) is 6.92 Å². The Morgan fingerprint density at radius 3 is 1.35 bits per heavy atom. The highest BCUT2D eigenvalue weighted by atomic mass is 16.7.